The number of nitrogens with one attached hydrogen (secondary N) is 1. The van der Waals surface area contributed by atoms with Crippen molar-refractivity contribution in [2.24, 2.45) is 0 Å². The van der Waals surface area contributed by atoms with Gasteiger partial charge in [0.05, 0.1) is 17.5 Å². The van der Waals surface area contributed by atoms with Gasteiger partial charge in [-0.3, -0.25) is 0 Å². The molecule has 0 heterocycles. The Labute approximate surface area is 102 Å². The van der Waals surface area contributed by atoms with Gasteiger partial charge in [-0.1, -0.05) is 6.07 Å². The van der Waals surface area contributed by atoms with E-state index in [-0.39, 0.29) is 18.0 Å². The summed E-state index contributed by atoms with van der Waals surface area (Å²) in [6.07, 6.45) is -5.15. The lowest BCUT2D eigenvalue weighted by Crippen LogP contribution is -2.21. The quantitative estimate of drug-likeness (QED) is 0.822. The lowest BCUT2D eigenvalue weighted by molar-refractivity contribution is -0.138. The summed E-state index contributed by atoms with van der Waals surface area (Å²) >= 11 is 5.39. The van der Waals surface area contributed by atoms with Gasteiger partial charge in [0.25, 0.3) is 0 Å². The summed E-state index contributed by atoms with van der Waals surface area (Å²) in [5, 5.41) is 12.0. The summed E-state index contributed by atoms with van der Waals surface area (Å²) < 4.78 is 37.8. The van der Waals surface area contributed by atoms with Crippen molar-refractivity contribution in [1.29, 1.82) is 0 Å². The monoisotopic (exact) mass is 267 g/mol. The first-order valence-electron chi connectivity index (χ1n) is 5.01. The summed E-state index contributed by atoms with van der Waals surface area (Å²) in [6.45, 7) is 1.50. The lowest BCUT2D eigenvalue weighted by Gasteiger charge is -2.16. The van der Waals surface area contributed by atoms with E-state index in [4.69, 9.17) is 11.6 Å². The van der Waals surface area contributed by atoms with Gasteiger partial charge in [-0.15, -0.1) is 11.6 Å². The Morgan fingerprint density at radius 3 is 2.59 bits per heavy atom. The van der Waals surface area contributed by atoms with Crippen molar-refractivity contribution in [3.05, 3.63) is 29.3 Å². The molecule has 0 saturated carbocycles. The van der Waals surface area contributed by atoms with Crippen molar-refractivity contribution in [2.45, 2.75) is 19.2 Å². The molecule has 1 aromatic carbocycles. The van der Waals surface area contributed by atoms with Gasteiger partial charge in [0.1, 0.15) is 0 Å². The van der Waals surface area contributed by atoms with Crippen LogP contribution in [-0.4, -0.2) is 23.6 Å². The van der Waals surface area contributed by atoms with Crippen LogP contribution in [0.15, 0.2) is 18.2 Å². The summed E-state index contributed by atoms with van der Waals surface area (Å²) in [4.78, 5) is 0. The summed E-state index contributed by atoms with van der Waals surface area (Å²) in [5.74, 6) is 0.0327. The first kappa shape index (κ1) is 14.1. The Morgan fingerprint density at radius 2 is 2.06 bits per heavy atom. The number of halogens is 4. The maximum Gasteiger partial charge on any atom is 0.416 e. The van der Waals surface area contributed by atoms with Crippen molar-refractivity contribution in [3.63, 3.8) is 0 Å². The van der Waals surface area contributed by atoms with E-state index in [0.29, 0.717) is 5.69 Å². The third kappa shape index (κ3) is 3.78. The number of alkyl halides is 4. The van der Waals surface area contributed by atoms with Gasteiger partial charge < -0.3 is 10.4 Å². The van der Waals surface area contributed by atoms with Crippen molar-refractivity contribution in [3.8, 4) is 0 Å². The molecule has 0 fully saturated rings. The van der Waals surface area contributed by atoms with Crippen LogP contribution in [0, 0.1) is 6.92 Å². The van der Waals surface area contributed by atoms with Gasteiger partial charge in [-0.25, -0.2) is 0 Å². The molecular formula is C11H13ClF3NO. The fourth-order valence-corrected chi connectivity index (χ4v) is 1.53. The van der Waals surface area contributed by atoms with E-state index in [1.165, 1.54) is 19.1 Å². The van der Waals surface area contributed by atoms with Gasteiger partial charge in [0, 0.05) is 12.2 Å². The molecular weight excluding hydrogens is 255 g/mol. The zero-order valence-electron chi connectivity index (χ0n) is 9.18. The van der Waals surface area contributed by atoms with Crippen LogP contribution >= 0.6 is 11.6 Å². The van der Waals surface area contributed by atoms with Crippen molar-refractivity contribution >= 4 is 17.3 Å². The normalized spacial score (nSPS) is 13.5. The van der Waals surface area contributed by atoms with Crippen molar-refractivity contribution < 1.29 is 18.3 Å². The molecule has 6 heteroatoms. The van der Waals surface area contributed by atoms with Gasteiger partial charge >= 0.3 is 6.18 Å². The van der Waals surface area contributed by atoms with Gasteiger partial charge in [-0.05, 0) is 24.6 Å². The number of aliphatic hydroxyl groups is 1. The minimum atomic E-state index is -4.37. The molecule has 1 rings (SSSR count). The summed E-state index contributed by atoms with van der Waals surface area (Å²) in [6, 6.07) is 3.88. The predicted octanol–water partition coefficient (Wildman–Crippen LogP) is 3.03. The van der Waals surface area contributed by atoms with Crippen molar-refractivity contribution in [1.82, 2.24) is 0 Å². The highest BCUT2D eigenvalue weighted by Gasteiger charge is 2.32. The maximum absolute atomic E-state index is 12.6. The van der Waals surface area contributed by atoms with E-state index < -0.39 is 17.8 Å². The zero-order chi connectivity index (χ0) is 13.1. The molecule has 0 radical (unpaired) electrons. The molecule has 1 aromatic rings. The first-order chi connectivity index (χ1) is 7.86. The van der Waals surface area contributed by atoms with Crippen LogP contribution in [0.5, 0.6) is 0 Å². The minimum Gasteiger partial charge on any atom is -0.390 e. The number of aliphatic hydroxyl groups excluding tert-OH is 1. The molecule has 2 nitrogen and oxygen atoms in total. The Kier molecular flexibility index (Phi) is 4.65. The zero-order valence-corrected chi connectivity index (χ0v) is 9.94. The van der Waals surface area contributed by atoms with Crippen LogP contribution in [0.1, 0.15) is 11.1 Å². The number of rotatable bonds is 4. The SMILES string of the molecule is Cc1c(NCC(O)CCl)cccc1C(F)(F)F. The Morgan fingerprint density at radius 1 is 1.41 bits per heavy atom. The second kappa shape index (κ2) is 5.60. The van der Waals surface area contributed by atoms with Gasteiger partial charge in [0.15, 0.2) is 0 Å². The Bertz CT molecular complexity index is 381. The Hall–Kier alpha value is -0.940. The average molecular weight is 268 g/mol. The number of hydrogen-bond acceptors (Lipinski definition) is 2. The van der Waals surface area contributed by atoms with Crippen LogP contribution in [0.3, 0.4) is 0 Å². The number of anilines is 1. The molecule has 0 aromatic heterocycles. The van der Waals surface area contributed by atoms with Crippen LogP contribution in [-0.2, 0) is 6.18 Å². The number of benzene rings is 1. The van der Waals surface area contributed by atoms with E-state index in [0.717, 1.165) is 6.07 Å². The summed E-state index contributed by atoms with van der Waals surface area (Å²) in [7, 11) is 0. The third-order valence-corrected chi connectivity index (χ3v) is 2.70. The molecule has 96 valence electrons. The molecule has 0 aliphatic rings. The molecule has 2 N–H and O–H groups in total. The van der Waals surface area contributed by atoms with E-state index in [9.17, 15) is 18.3 Å². The smallest absolute Gasteiger partial charge is 0.390 e. The minimum absolute atomic E-state index is 0.0327. The largest absolute Gasteiger partial charge is 0.416 e. The lowest BCUT2D eigenvalue weighted by atomic mass is 10.1. The highest BCUT2D eigenvalue weighted by molar-refractivity contribution is 6.18. The molecule has 0 bridgehead atoms. The fraction of sp³-hybridized carbons (Fsp3) is 0.455. The highest BCUT2D eigenvalue weighted by atomic mass is 35.5. The molecule has 0 saturated heterocycles. The standard InChI is InChI=1S/C11H13ClF3NO/c1-7-9(11(13,14)15)3-2-4-10(7)16-6-8(17)5-12/h2-4,8,16-17H,5-6H2,1H3. The van der Waals surface area contributed by atoms with Crippen molar-refractivity contribution in [2.75, 3.05) is 17.7 Å². The summed E-state index contributed by atoms with van der Waals surface area (Å²) in [5.41, 5.74) is -0.214. The van der Waals surface area contributed by atoms with Crippen LogP contribution in [0.25, 0.3) is 0 Å². The maximum atomic E-state index is 12.6. The molecule has 1 atom stereocenters. The number of hydrogen-bond donors (Lipinski definition) is 2. The van der Waals surface area contributed by atoms with Gasteiger partial charge in [0.2, 0.25) is 0 Å². The molecule has 0 amide bonds. The third-order valence-electron chi connectivity index (χ3n) is 2.35. The highest BCUT2D eigenvalue weighted by Crippen LogP contribution is 2.34. The fourth-order valence-electron chi connectivity index (χ4n) is 1.42. The molecule has 1 unspecified atom stereocenters. The second-order valence-corrected chi connectivity index (χ2v) is 3.97. The molecule has 0 aliphatic carbocycles. The average Bonchev–Trinajstić information content (AvgIpc) is 2.25. The molecule has 0 aliphatic heterocycles. The van der Waals surface area contributed by atoms with E-state index in [1.807, 2.05) is 0 Å². The Balaban J connectivity index is 2.88. The van der Waals surface area contributed by atoms with E-state index >= 15 is 0 Å². The van der Waals surface area contributed by atoms with E-state index in [2.05, 4.69) is 5.32 Å². The molecule has 0 spiro atoms. The van der Waals surface area contributed by atoms with Crippen LogP contribution < -0.4 is 5.32 Å². The first-order valence-corrected chi connectivity index (χ1v) is 5.54. The second-order valence-electron chi connectivity index (χ2n) is 3.66. The van der Waals surface area contributed by atoms with Crippen LogP contribution in [0.4, 0.5) is 18.9 Å². The topological polar surface area (TPSA) is 32.3 Å². The molecule has 17 heavy (non-hydrogen) atoms. The van der Waals surface area contributed by atoms with Gasteiger partial charge in [-0.2, -0.15) is 13.2 Å². The predicted molar refractivity (Wildman–Crippen MR) is 61.4 cm³/mol. The van der Waals surface area contributed by atoms with Crippen LogP contribution in [0.2, 0.25) is 0 Å². The van der Waals surface area contributed by atoms with E-state index in [1.54, 1.807) is 0 Å².